The number of nitrogens with zero attached hydrogens (tertiary/aromatic N) is 1. The number of sulfonamides is 1. The number of methoxy groups -OCH3 is 1. The Kier molecular flexibility index (Phi) is 6.08. The highest BCUT2D eigenvalue weighted by Crippen LogP contribution is 2.33. The van der Waals surface area contributed by atoms with E-state index in [1.807, 2.05) is 0 Å². The fourth-order valence-corrected chi connectivity index (χ4v) is 4.66. The van der Waals surface area contributed by atoms with Crippen molar-refractivity contribution in [1.29, 1.82) is 0 Å². The first-order valence-electron chi connectivity index (χ1n) is 9.23. The topological polar surface area (TPSA) is 87.7 Å². The molecular formula is C20H25N3O4S. The van der Waals surface area contributed by atoms with Gasteiger partial charge in [-0.3, -0.25) is 9.52 Å². The zero-order valence-corrected chi connectivity index (χ0v) is 16.9. The van der Waals surface area contributed by atoms with Gasteiger partial charge in [-0.25, -0.2) is 8.42 Å². The van der Waals surface area contributed by atoms with E-state index in [-0.39, 0.29) is 10.8 Å². The van der Waals surface area contributed by atoms with Gasteiger partial charge in [-0.1, -0.05) is 12.1 Å². The number of carbonyl (C=O) groups is 1. The summed E-state index contributed by atoms with van der Waals surface area (Å²) in [6.07, 6.45) is 3.18. The van der Waals surface area contributed by atoms with E-state index in [4.69, 9.17) is 4.74 Å². The number of anilines is 3. The van der Waals surface area contributed by atoms with Gasteiger partial charge >= 0.3 is 0 Å². The predicted molar refractivity (Wildman–Crippen MR) is 111 cm³/mol. The number of hydrogen-bond acceptors (Lipinski definition) is 5. The van der Waals surface area contributed by atoms with Crippen molar-refractivity contribution in [3.05, 3.63) is 42.5 Å². The molecule has 0 saturated carbocycles. The van der Waals surface area contributed by atoms with Crippen LogP contribution in [0.4, 0.5) is 17.1 Å². The molecule has 1 heterocycles. The molecule has 0 spiro atoms. The third kappa shape index (κ3) is 4.56. The second-order valence-corrected chi connectivity index (χ2v) is 8.37. The molecule has 0 aromatic heterocycles. The van der Waals surface area contributed by atoms with Crippen molar-refractivity contribution in [1.82, 2.24) is 0 Å². The van der Waals surface area contributed by atoms with Gasteiger partial charge in [0.05, 0.1) is 18.5 Å². The fourth-order valence-electron chi connectivity index (χ4n) is 3.34. The minimum atomic E-state index is -3.91. The highest BCUT2D eigenvalue weighted by molar-refractivity contribution is 7.93. The molecule has 0 radical (unpaired) electrons. The van der Waals surface area contributed by atoms with Crippen molar-refractivity contribution in [2.24, 2.45) is 0 Å². The first-order valence-corrected chi connectivity index (χ1v) is 10.7. The third-order valence-corrected chi connectivity index (χ3v) is 6.01. The van der Waals surface area contributed by atoms with E-state index >= 15 is 0 Å². The molecule has 1 aliphatic heterocycles. The number of para-hydroxylation sites is 2. The van der Waals surface area contributed by atoms with Crippen LogP contribution in [-0.2, 0) is 14.8 Å². The first-order chi connectivity index (χ1) is 13.4. The Morgan fingerprint density at radius 1 is 1.07 bits per heavy atom. The maximum Gasteiger partial charge on any atom is 0.264 e. The predicted octanol–water partition coefficient (Wildman–Crippen LogP) is 3.44. The number of nitrogens with one attached hydrogen (secondary N) is 2. The molecule has 2 N–H and O–H groups in total. The molecule has 0 aliphatic carbocycles. The van der Waals surface area contributed by atoms with Crippen molar-refractivity contribution in [2.75, 3.05) is 35.1 Å². The number of hydrogen-bond donors (Lipinski definition) is 2. The molecule has 2 aromatic rings. The van der Waals surface area contributed by atoms with Crippen molar-refractivity contribution in [3.8, 4) is 5.75 Å². The number of carbonyl (C=O) groups excluding carboxylic acids is 1. The lowest BCUT2D eigenvalue weighted by Crippen LogP contribution is -2.31. The summed E-state index contributed by atoms with van der Waals surface area (Å²) >= 11 is 0. The minimum absolute atomic E-state index is 0.131. The van der Waals surface area contributed by atoms with Crippen LogP contribution in [0.5, 0.6) is 5.75 Å². The zero-order chi connectivity index (χ0) is 20.1. The highest BCUT2D eigenvalue weighted by Gasteiger charge is 2.25. The summed E-state index contributed by atoms with van der Waals surface area (Å²) in [5.41, 5.74) is 1.43. The van der Waals surface area contributed by atoms with E-state index in [0.29, 0.717) is 22.8 Å². The van der Waals surface area contributed by atoms with Crippen LogP contribution in [0.3, 0.4) is 0 Å². The van der Waals surface area contributed by atoms with Crippen LogP contribution >= 0.6 is 0 Å². The molecule has 0 bridgehead atoms. The maximum atomic E-state index is 13.3. The molecular weight excluding hydrogens is 378 g/mol. The summed E-state index contributed by atoms with van der Waals surface area (Å²) in [7, 11) is -2.42. The van der Waals surface area contributed by atoms with Gasteiger partial charge in [-0.05, 0) is 49.6 Å². The molecule has 8 heteroatoms. The maximum absolute atomic E-state index is 13.3. The number of benzene rings is 2. The smallest absolute Gasteiger partial charge is 0.264 e. The molecule has 3 rings (SSSR count). The average Bonchev–Trinajstić information content (AvgIpc) is 2.68. The lowest BCUT2D eigenvalue weighted by Gasteiger charge is -2.30. The van der Waals surface area contributed by atoms with E-state index in [2.05, 4.69) is 14.9 Å². The van der Waals surface area contributed by atoms with Crippen LogP contribution in [0, 0.1) is 0 Å². The van der Waals surface area contributed by atoms with E-state index < -0.39 is 10.0 Å². The van der Waals surface area contributed by atoms with Crippen molar-refractivity contribution >= 4 is 33.0 Å². The number of piperidine rings is 1. The summed E-state index contributed by atoms with van der Waals surface area (Å²) in [6, 6.07) is 11.8. The SMILES string of the molecule is COc1ccccc1NS(=O)(=O)c1cc(NC(C)=O)ccc1N1CCCCC1. The summed E-state index contributed by atoms with van der Waals surface area (Å²) in [4.78, 5) is 13.6. The Bertz CT molecular complexity index is 954. The molecule has 1 fully saturated rings. The molecule has 1 amide bonds. The Morgan fingerprint density at radius 3 is 2.46 bits per heavy atom. The van der Waals surface area contributed by atoms with Crippen molar-refractivity contribution in [2.45, 2.75) is 31.1 Å². The largest absolute Gasteiger partial charge is 0.495 e. The Morgan fingerprint density at radius 2 is 1.79 bits per heavy atom. The van der Waals surface area contributed by atoms with Gasteiger partial charge in [-0.2, -0.15) is 0 Å². The van der Waals surface area contributed by atoms with E-state index in [0.717, 1.165) is 32.4 Å². The Balaban J connectivity index is 2.03. The van der Waals surface area contributed by atoms with Crippen LogP contribution in [0.2, 0.25) is 0 Å². The van der Waals surface area contributed by atoms with E-state index in [1.54, 1.807) is 36.4 Å². The molecule has 1 saturated heterocycles. The lowest BCUT2D eigenvalue weighted by molar-refractivity contribution is -0.114. The molecule has 2 aromatic carbocycles. The summed E-state index contributed by atoms with van der Waals surface area (Å²) in [5, 5.41) is 2.66. The van der Waals surface area contributed by atoms with Gasteiger partial charge in [0.1, 0.15) is 10.6 Å². The van der Waals surface area contributed by atoms with Gasteiger partial charge in [0.2, 0.25) is 5.91 Å². The van der Waals surface area contributed by atoms with Crippen molar-refractivity contribution in [3.63, 3.8) is 0 Å². The Labute approximate surface area is 165 Å². The van der Waals surface area contributed by atoms with Gasteiger partial charge in [0, 0.05) is 25.7 Å². The van der Waals surface area contributed by atoms with E-state index in [1.165, 1.54) is 20.1 Å². The molecule has 150 valence electrons. The molecule has 7 nitrogen and oxygen atoms in total. The standard InChI is InChI=1S/C20H25N3O4S/c1-15(24)21-16-10-11-18(23-12-6-3-7-13-23)20(14-16)28(25,26)22-17-8-4-5-9-19(17)27-2/h4-5,8-11,14,22H,3,6-7,12-13H2,1-2H3,(H,21,24). The molecule has 0 unspecified atom stereocenters. The van der Waals surface area contributed by atoms with Crippen LogP contribution in [0.25, 0.3) is 0 Å². The second-order valence-electron chi connectivity index (χ2n) is 6.72. The minimum Gasteiger partial charge on any atom is -0.495 e. The van der Waals surface area contributed by atoms with Crippen LogP contribution in [0.1, 0.15) is 26.2 Å². The van der Waals surface area contributed by atoms with Gasteiger partial charge in [0.15, 0.2) is 0 Å². The third-order valence-electron chi connectivity index (χ3n) is 4.62. The fraction of sp³-hybridized carbons (Fsp3) is 0.350. The number of amides is 1. The average molecular weight is 404 g/mol. The van der Waals surface area contributed by atoms with Crippen LogP contribution in [-0.4, -0.2) is 34.5 Å². The van der Waals surface area contributed by atoms with Gasteiger partial charge in [-0.15, -0.1) is 0 Å². The van der Waals surface area contributed by atoms with Crippen molar-refractivity contribution < 1.29 is 17.9 Å². The number of ether oxygens (including phenoxy) is 1. The van der Waals surface area contributed by atoms with Crippen LogP contribution < -0.4 is 19.7 Å². The summed E-state index contributed by atoms with van der Waals surface area (Å²) < 4.78 is 34.4. The highest BCUT2D eigenvalue weighted by atomic mass is 32.2. The zero-order valence-electron chi connectivity index (χ0n) is 16.1. The summed E-state index contributed by atoms with van der Waals surface area (Å²) in [6.45, 7) is 2.99. The first kappa shape index (κ1) is 20.0. The monoisotopic (exact) mass is 403 g/mol. The Hall–Kier alpha value is -2.74. The normalized spacial score (nSPS) is 14.4. The van der Waals surface area contributed by atoms with Gasteiger partial charge < -0.3 is 15.0 Å². The lowest BCUT2D eigenvalue weighted by atomic mass is 10.1. The molecule has 1 aliphatic rings. The second kappa shape index (κ2) is 8.52. The van der Waals surface area contributed by atoms with Gasteiger partial charge in [0.25, 0.3) is 10.0 Å². The quantitative estimate of drug-likeness (QED) is 0.771. The van der Waals surface area contributed by atoms with E-state index in [9.17, 15) is 13.2 Å². The van der Waals surface area contributed by atoms with Crippen LogP contribution in [0.15, 0.2) is 47.4 Å². The molecule has 0 atom stereocenters. The number of rotatable bonds is 6. The summed E-state index contributed by atoms with van der Waals surface area (Å²) in [5.74, 6) is 0.176. The molecule has 28 heavy (non-hydrogen) atoms.